The van der Waals surface area contributed by atoms with E-state index in [0.29, 0.717) is 6.61 Å². The van der Waals surface area contributed by atoms with Crippen LogP contribution in [0.4, 0.5) is 11.4 Å². The number of rotatable bonds is 3. The molecule has 0 aliphatic carbocycles. The van der Waals surface area contributed by atoms with Gasteiger partial charge in [0.15, 0.2) is 0 Å². The Hall–Kier alpha value is -2.15. The fraction of sp³-hybridized carbons (Fsp3) is 0.462. The van der Waals surface area contributed by atoms with Crippen molar-refractivity contribution >= 4 is 17.3 Å². The average Bonchev–Trinajstić information content (AvgIpc) is 2.83. The van der Waals surface area contributed by atoms with Gasteiger partial charge in [-0.1, -0.05) is 6.07 Å². The highest BCUT2D eigenvalue weighted by Gasteiger charge is 2.32. The standard InChI is InChI=1S/C13H17N3O4/c1-8-10(6-7-20-8)15(2)13(17)9-4-3-5-11(12(9)14)16(18)19/h3-5,8,10H,6-7,14H2,1-2H3. The molecule has 1 amide bonds. The first-order valence-corrected chi connectivity index (χ1v) is 6.35. The van der Waals surface area contributed by atoms with Crippen LogP contribution in [0.1, 0.15) is 23.7 Å². The van der Waals surface area contributed by atoms with Crippen molar-refractivity contribution in [3.05, 3.63) is 33.9 Å². The quantitative estimate of drug-likeness (QED) is 0.512. The number of nitro groups is 1. The summed E-state index contributed by atoms with van der Waals surface area (Å²) in [6, 6.07) is 4.21. The van der Waals surface area contributed by atoms with Crippen molar-refractivity contribution in [2.75, 3.05) is 19.4 Å². The number of nitrogens with zero attached hydrogens (tertiary/aromatic N) is 2. The molecular weight excluding hydrogens is 262 g/mol. The Morgan fingerprint density at radius 3 is 2.80 bits per heavy atom. The molecule has 1 aromatic rings. The molecule has 0 bridgehead atoms. The Balaban J connectivity index is 2.29. The molecule has 2 atom stereocenters. The molecule has 7 nitrogen and oxygen atoms in total. The van der Waals surface area contributed by atoms with Crippen molar-refractivity contribution in [3.63, 3.8) is 0 Å². The van der Waals surface area contributed by atoms with Crippen LogP contribution in [-0.2, 0) is 4.74 Å². The predicted octanol–water partition coefficient (Wildman–Crippen LogP) is 1.43. The molecule has 1 aliphatic heterocycles. The summed E-state index contributed by atoms with van der Waals surface area (Å²) in [5, 5.41) is 10.9. The van der Waals surface area contributed by atoms with Gasteiger partial charge in [0.1, 0.15) is 5.69 Å². The number of hydrogen-bond acceptors (Lipinski definition) is 5. The van der Waals surface area contributed by atoms with E-state index in [1.807, 2.05) is 6.92 Å². The lowest BCUT2D eigenvalue weighted by molar-refractivity contribution is -0.383. The number of hydrogen-bond donors (Lipinski definition) is 1. The largest absolute Gasteiger partial charge is 0.393 e. The number of para-hydroxylation sites is 1. The topological polar surface area (TPSA) is 98.7 Å². The van der Waals surface area contributed by atoms with Crippen LogP contribution in [0.3, 0.4) is 0 Å². The zero-order valence-corrected chi connectivity index (χ0v) is 11.4. The van der Waals surface area contributed by atoms with Crippen LogP contribution < -0.4 is 5.73 Å². The van der Waals surface area contributed by atoms with Gasteiger partial charge < -0.3 is 15.4 Å². The molecule has 1 saturated heterocycles. The molecule has 108 valence electrons. The molecule has 1 aromatic carbocycles. The highest BCUT2D eigenvalue weighted by molar-refractivity contribution is 6.01. The van der Waals surface area contributed by atoms with Crippen LogP contribution in [0.2, 0.25) is 0 Å². The van der Waals surface area contributed by atoms with E-state index >= 15 is 0 Å². The van der Waals surface area contributed by atoms with Gasteiger partial charge in [-0.3, -0.25) is 14.9 Å². The second kappa shape index (κ2) is 5.46. The van der Waals surface area contributed by atoms with E-state index in [4.69, 9.17) is 10.5 Å². The van der Waals surface area contributed by atoms with E-state index in [9.17, 15) is 14.9 Å². The summed E-state index contributed by atoms with van der Waals surface area (Å²) in [7, 11) is 1.66. The Morgan fingerprint density at radius 2 is 2.25 bits per heavy atom. The van der Waals surface area contributed by atoms with Crippen LogP contribution in [0.5, 0.6) is 0 Å². The molecule has 0 saturated carbocycles. The molecule has 2 unspecified atom stereocenters. The molecule has 2 rings (SSSR count). The minimum absolute atomic E-state index is 0.0406. The summed E-state index contributed by atoms with van der Waals surface area (Å²) in [6.07, 6.45) is 0.696. The second-order valence-electron chi connectivity index (χ2n) is 4.84. The van der Waals surface area contributed by atoms with E-state index in [0.717, 1.165) is 6.42 Å². The van der Waals surface area contributed by atoms with E-state index in [-0.39, 0.29) is 35.0 Å². The third-order valence-corrected chi connectivity index (χ3v) is 3.66. The molecule has 7 heteroatoms. The smallest absolute Gasteiger partial charge is 0.292 e. The second-order valence-corrected chi connectivity index (χ2v) is 4.84. The van der Waals surface area contributed by atoms with Crippen LogP contribution in [0, 0.1) is 10.1 Å². The zero-order valence-electron chi connectivity index (χ0n) is 11.4. The minimum Gasteiger partial charge on any atom is -0.393 e. The fourth-order valence-electron chi connectivity index (χ4n) is 2.47. The van der Waals surface area contributed by atoms with Gasteiger partial charge in [0.25, 0.3) is 11.6 Å². The number of benzene rings is 1. The first kappa shape index (κ1) is 14.3. The number of nitrogen functional groups attached to an aromatic ring is 1. The molecule has 0 spiro atoms. The molecule has 1 fully saturated rings. The lowest BCUT2D eigenvalue weighted by Gasteiger charge is -2.27. The van der Waals surface area contributed by atoms with Crippen molar-refractivity contribution in [1.29, 1.82) is 0 Å². The highest BCUT2D eigenvalue weighted by Crippen LogP contribution is 2.27. The van der Waals surface area contributed by atoms with Gasteiger partial charge in [-0.05, 0) is 19.4 Å². The van der Waals surface area contributed by atoms with Gasteiger partial charge in [-0.2, -0.15) is 0 Å². The third-order valence-electron chi connectivity index (χ3n) is 3.66. The number of amides is 1. The number of carbonyl (C=O) groups is 1. The van der Waals surface area contributed by atoms with Gasteiger partial charge in [-0.15, -0.1) is 0 Å². The molecule has 0 radical (unpaired) electrons. The van der Waals surface area contributed by atoms with E-state index in [1.165, 1.54) is 18.2 Å². The maximum atomic E-state index is 12.4. The number of nitro benzene ring substituents is 1. The first-order chi connectivity index (χ1) is 9.43. The number of ether oxygens (including phenoxy) is 1. The minimum atomic E-state index is -0.590. The van der Waals surface area contributed by atoms with Crippen molar-refractivity contribution < 1.29 is 14.5 Å². The van der Waals surface area contributed by atoms with Gasteiger partial charge in [0.2, 0.25) is 0 Å². The molecule has 1 aliphatic rings. The van der Waals surface area contributed by atoms with Gasteiger partial charge in [0.05, 0.1) is 22.6 Å². The maximum Gasteiger partial charge on any atom is 0.292 e. The Kier molecular flexibility index (Phi) is 3.89. The molecule has 1 heterocycles. The van der Waals surface area contributed by atoms with Crippen LogP contribution in [0.15, 0.2) is 18.2 Å². The third kappa shape index (κ3) is 2.44. The normalized spacial score (nSPS) is 21.7. The summed E-state index contributed by atoms with van der Waals surface area (Å²) >= 11 is 0. The Morgan fingerprint density at radius 1 is 1.55 bits per heavy atom. The van der Waals surface area contributed by atoms with Gasteiger partial charge in [0, 0.05) is 19.7 Å². The molecular formula is C13H17N3O4. The summed E-state index contributed by atoms with van der Waals surface area (Å²) in [5.41, 5.74) is 5.54. The van der Waals surface area contributed by atoms with Crippen LogP contribution in [-0.4, -0.2) is 41.5 Å². The van der Waals surface area contributed by atoms with Crippen molar-refractivity contribution in [3.8, 4) is 0 Å². The number of likely N-dealkylation sites (N-methyl/N-ethyl adjacent to an activating group) is 1. The molecule has 20 heavy (non-hydrogen) atoms. The fourth-order valence-corrected chi connectivity index (χ4v) is 2.47. The van der Waals surface area contributed by atoms with E-state index in [2.05, 4.69) is 0 Å². The summed E-state index contributed by atoms with van der Waals surface area (Å²) in [4.78, 5) is 24.3. The van der Waals surface area contributed by atoms with E-state index < -0.39 is 4.92 Å². The molecule has 2 N–H and O–H groups in total. The van der Waals surface area contributed by atoms with Crippen molar-refractivity contribution in [1.82, 2.24) is 4.90 Å². The number of carbonyl (C=O) groups excluding carboxylic acids is 1. The predicted molar refractivity (Wildman–Crippen MR) is 73.4 cm³/mol. The monoisotopic (exact) mass is 279 g/mol. The van der Waals surface area contributed by atoms with Crippen LogP contribution in [0.25, 0.3) is 0 Å². The first-order valence-electron chi connectivity index (χ1n) is 6.35. The Bertz CT molecular complexity index is 546. The zero-order chi connectivity index (χ0) is 14.9. The summed E-state index contributed by atoms with van der Waals surface area (Å²) in [6.45, 7) is 2.51. The number of anilines is 1. The van der Waals surface area contributed by atoms with Gasteiger partial charge in [-0.25, -0.2) is 0 Å². The summed E-state index contributed by atoms with van der Waals surface area (Å²) < 4.78 is 5.43. The summed E-state index contributed by atoms with van der Waals surface area (Å²) in [5.74, 6) is -0.325. The van der Waals surface area contributed by atoms with Crippen molar-refractivity contribution in [2.24, 2.45) is 0 Å². The average molecular weight is 279 g/mol. The number of nitrogens with two attached hydrogens (primary N) is 1. The van der Waals surface area contributed by atoms with Crippen LogP contribution >= 0.6 is 0 Å². The SMILES string of the molecule is CC1OCCC1N(C)C(=O)c1cccc([N+](=O)[O-])c1N. The maximum absolute atomic E-state index is 12.4. The molecule has 0 aromatic heterocycles. The Labute approximate surface area is 116 Å². The lowest BCUT2D eigenvalue weighted by Crippen LogP contribution is -2.41. The van der Waals surface area contributed by atoms with Gasteiger partial charge >= 0.3 is 0 Å². The van der Waals surface area contributed by atoms with E-state index in [1.54, 1.807) is 11.9 Å². The van der Waals surface area contributed by atoms with Crippen molar-refractivity contribution in [2.45, 2.75) is 25.5 Å². The highest BCUT2D eigenvalue weighted by atomic mass is 16.6. The lowest BCUT2D eigenvalue weighted by atomic mass is 10.1.